The SMILES string of the molecule is Brc1cnn(C2CCN(Cc3ncco3)C2)c1. The summed E-state index contributed by atoms with van der Waals surface area (Å²) in [5, 5.41) is 4.33. The van der Waals surface area contributed by atoms with Crippen LogP contribution in [-0.2, 0) is 6.54 Å². The summed E-state index contributed by atoms with van der Waals surface area (Å²) in [4.78, 5) is 6.48. The van der Waals surface area contributed by atoms with Crippen LogP contribution in [0.5, 0.6) is 0 Å². The summed E-state index contributed by atoms with van der Waals surface area (Å²) in [6.45, 7) is 2.84. The number of hydrogen-bond acceptors (Lipinski definition) is 4. The molecule has 90 valence electrons. The van der Waals surface area contributed by atoms with E-state index in [1.54, 1.807) is 12.5 Å². The van der Waals surface area contributed by atoms with E-state index in [1.165, 1.54) is 0 Å². The first-order chi connectivity index (χ1) is 8.31. The molecule has 0 saturated carbocycles. The van der Waals surface area contributed by atoms with Crippen LogP contribution in [0, 0.1) is 0 Å². The van der Waals surface area contributed by atoms with Crippen molar-refractivity contribution in [3.8, 4) is 0 Å². The van der Waals surface area contributed by atoms with Gasteiger partial charge >= 0.3 is 0 Å². The Morgan fingerprint density at radius 2 is 2.47 bits per heavy atom. The van der Waals surface area contributed by atoms with Crippen LogP contribution in [-0.4, -0.2) is 32.8 Å². The molecule has 1 unspecified atom stereocenters. The largest absolute Gasteiger partial charge is 0.448 e. The highest BCUT2D eigenvalue weighted by molar-refractivity contribution is 9.10. The molecule has 3 heterocycles. The van der Waals surface area contributed by atoms with E-state index in [0.717, 1.165) is 36.4 Å². The maximum atomic E-state index is 5.26. The van der Waals surface area contributed by atoms with Crippen molar-refractivity contribution >= 4 is 15.9 Å². The second-order valence-corrected chi connectivity index (χ2v) is 5.16. The van der Waals surface area contributed by atoms with Crippen molar-refractivity contribution < 1.29 is 4.42 Å². The molecule has 0 spiro atoms. The smallest absolute Gasteiger partial charge is 0.208 e. The van der Waals surface area contributed by atoms with Gasteiger partial charge < -0.3 is 4.42 Å². The van der Waals surface area contributed by atoms with E-state index < -0.39 is 0 Å². The van der Waals surface area contributed by atoms with Gasteiger partial charge in [0.2, 0.25) is 5.89 Å². The molecule has 6 heteroatoms. The molecule has 0 radical (unpaired) electrons. The van der Waals surface area contributed by atoms with Crippen LogP contribution in [0.1, 0.15) is 18.4 Å². The Hall–Kier alpha value is -1.14. The Balaban J connectivity index is 1.62. The number of nitrogens with zero attached hydrogens (tertiary/aromatic N) is 4. The highest BCUT2D eigenvalue weighted by atomic mass is 79.9. The van der Waals surface area contributed by atoms with Crippen LogP contribution < -0.4 is 0 Å². The Kier molecular flexibility index (Phi) is 2.98. The number of halogens is 1. The van der Waals surface area contributed by atoms with Crippen molar-refractivity contribution in [3.05, 3.63) is 35.2 Å². The van der Waals surface area contributed by atoms with Gasteiger partial charge in [-0.25, -0.2) is 4.98 Å². The molecule has 2 aromatic rings. The van der Waals surface area contributed by atoms with Crippen molar-refractivity contribution in [1.29, 1.82) is 0 Å². The number of aromatic nitrogens is 3. The standard InChI is InChI=1S/C11H13BrN4O/c12-9-5-14-16(6-9)10-1-3-15(7-10)8-11-13-2-4-17-11/h2,4-6,10H,1,3,7-8H2. The van der Waals surface area contributed by atoms with Crippen molar-refractivity contribution in [2.24, 2.45) is 0 Å². The summed E-state index contributed by atoms with van der Waals surface area (Å²) < 4.78 is 8.32. The lowest BCUT2D eigenvalue weighted by Gasteiger charge is -2.13. The van der Waals surface area contributed by atoms with E-state index in [4.69, 9.17) is 4.42 Å². The maximum absolute atomic E-state index is 5.26. The quantitative estimate of drug-likeness (QED) is 0.870. The first-order valence-corrected chi connectivity index (χ1v) is 6.41. The molecule has 1 aliphatic heterocycles. The highest BCUT2D eigenvalue weighted by Gasteiger charge is 2.25. The van der Waals surface area contributed by atoms with Crippen LogP contribution in [0.2, 0.25) is 0 Å². The molecule has 0 N–H and O–H groups in total. The average molecular weight is 297 g/mol. The van der Waals surface area contributed by atoms with Gasteiger partial charge in [-0.2, -0.15) is 5.10 Å². The van der Waals surface area contributed by atoms with Gasteiger partial charge in [0.05, 0.1) is 29.5 Å². The van der Waals surface area contributed by atoms with E-state index in [9.17, 15) is 0 Å². The van der Waals surface area contributed by atoms with Crippen LogP contribution in [0.15, 0.2) is 33.7 Å². The van der Waals surface area contributed by atoms with Crippen LogP contribution in [0.4, 0.5) is 0 Å². The second-order valence-electron chi connectivity index (χ2n) is 4.24. The van der Waals surface area contributed by atoms with Crippen molar-refractivity contribution in [2.45, 2.75) is 19.0 Å². The van der Waals surface area contributed by atoms with E-state index in [1.807, 2.05) is 17.1 Å². The average Bonchev–Trinajstić information content (AvgIpc) is 2.99. The molecule has 0 aliphatic carbocycles. The Labute approximate surface area is 108 Å². The summed E-state index contributed by atoms with van der Waals surface area (Å²) >= 11 is 3.42. The van der Waals surface area contributed by atoms with E-state index >= 15 is 0 Å². The first-order valence-electron chi connectivity index (χ1n) is 5.61. The molecule has 1 atom stereocenters. The van der Waals surface area contributed by atoms with Gasteiger partial charge in [0.1, 0.15) is 6.26 Å². The molecule has 0 aromatic carbocycles. The molecule has 0 amide bonds. The fourth-order valence-electron chi connectivity index (χ4n) is 2.21. The number of likely N-dealkylation sites (tertiary alicyclic amines) is 1. The van der Waals surface area contributed by atoms with E-state index in [0.29, 0.717) is 6.04 Å². The molecule has 1 fully saturated rings. The van der Waals surface area contributed by atoms with Crippen molar-refractivity contribution in [1.82, 2.24) is 19.7 Å². The summed E-state index contributed by atoms with van der Waals surface area (Å²) in [7, 11) is 0. The van der Waals surface area contributed by atoms with Crippen molar-refractivity contribution in [3.63, 3.8) is 0 Å². The molecule has 3 rings (SSSR count). The number of oxazole rings is 1. The minimum absolute atomic E-state index is 0.455. The number of rotatable bonds is 3. The van der Waals surface area contributed by atoms with E-state index in [-0.39, 0.29) is 0 Å². The van der Waals surface area contributed by atoms with Crippen LogP contribution >= 0.6 is 15.9 Å². The van der Waals surface area contributed by atoms with Gasteiger partial charge in [-0.05, 0) is 22.4 Å². The van der Waals surface area contributed by atoms with Gasteiger partial charge in [0.25, 0.3) is 0 Å². The minimum Gasteiger partial charge on any atom is -0.448 e. The molecule has 5 nitrogen and oxygen atoms in total. The summed E-state index contributed by atoms with van der Waals surface area (Å²) in [5.41, 5.74) is 0. The predicted molar refractivity (Wildman–Crippen MR) is 65.4 cm³/mol. The molecule has 0 bridgehead atoms. The Morgan fingerprint density at radius 1 is 1.53 bits per heavy atom. The van der Waals surface area contributed by atoms with E-state index in [2.05, 4.69) is 30.9 Å². The molecule has 2 aromatic heterocycles. The fourth-order valence-corrected chi connectivity index (χ4v) is 2.51. The topological polar surface area (TPSA) is 47.1 Å². The normalized spacial score (nSPS) is 21.1. The van der Waals surface area contributed by atoms with Crippen molar-refractivity contribution in [2.75, 3.05) is 13.1 Å². The van der Waals surface area contributed by atoms with Gasteiger partial charge in [-0.3, -0.25) is 9.58 Å². The lowest BCUT2D eigenvalue weighted by Crippen LogP contribution is -2.21. The zero-order chi connectivity index (χ0) is 11.7. The summed E-state index contributed by atoms with van der Waals surface area (Å²) in [6, 6.07) is 0.455. The molecule has 1 saturated heterocycles. The summed E-state index contributed by atoms with van der Waals surface area (Å²) in [5.74, 6) is 0.785. The van der Waals surface area contributed by atoms with Gasteiger partial charge in [-0.1, -0.05) is 0 Å². The molecular weight excluding hydrogens is 284 g/mol. The third kappa shape index (κ3) is 2.42. The zero-order valence-electron chi connectivity index (χ0n) is 9.29. The molecule has 17 heavy (non-hydrogen) atoms. The monoisotopic (exact) mass is 296 g/mol. The van der Waals surface area contributed by atoms with Gasteiger partial charge in [0.15, 0.2) is 0 Å². The minimum atomic E-state index is 0.455. The highest BCUT2D eigenvalue weighted by Crippen LogP contribution is 2.23. The van der Waals surface area contributed by atoms with Crippen LogP contribution in [0.25, 0.3) is 0 Å². The number of hydrogen-bond donors (Lipinski definition) is 0. The lowest BCUT2D eigenvalue weighted by atomic mass is 10.3. The first kappa shape index (κ1) is 11.0. The fraction of sp³-hybridized carbons (Fsp3) is 0.455. The lowest BCUT2D eigenvalue weighted by molar-refractivity contribution is 0.277. The third-order valence-electron chi connectivity index (χ3n) is 3.03. The third-order valence-corrected chi connectivity index (χ3v) is 3.44. The van der Waals surface area contributed by atoms with Gasteiger partial charge in [-0.15, -0.1) is 0 Å². The predicted octanol–water partition coefficient (Wildman–Crippen LogP) is 2.08. The Morgan fingerprint density at radius 3 is 3.18 bits per heavy atom. The second kappa shape index (κ2) is 4.62. The molecule has 1 aliphatic rings. The maximum Gasteiger partial charge on any atom is 0.208 e. The summed E-state index contributed by atoms with van der Waals surface area (Å²) in [6.07, 6.45) is 8.28. The zero-order valence-corrected chi connectivity index (χ0v) is 10.9. The molecular formula is C11H13BrN4O. The Bertz CT molecular complexity index is 481. The van der Waals surface area contributed by atoms with Crippen LogP contribution in [0.3, 0.4) is 0 Å². The van der Waals surface area contributed by atoms with Gasteiger partial charge in [0, 0.05) is 19.3 Å².